The fourth-order valence-electron chi connectivity index (χ4n) is 4.47. The summed E-state index contributed by atoms with van der Waals surface area (Å²) in [4.78, 5) is 14.1. The summed E-state index contributed by atoms with van der Waals surface area (Å²) in [5, 5.41) is 0. The predicted molar refractivity (Wildman–Crippen MR) is 129 cm³/mol. The Morgan fingerprint density at radius 3 is 2.34 bits per heavy atom. The van der Waals surface area contributed by atoms with Gasteiger partial charge in [-0.15, -0.1) is 0 Å². The molecule has 1 aromatic carbocycles. The zero-order valence-corrected chi connectivity index (χ0v) is 18.9. The van der Waals surface area contributed by atoms with E-state index < -0.39 is 0 Å². The Kier molecular flexibility index (Phi) is 6.02. The number of hydrogen-bond donors (Lipinski definition) is 0. The normalized spacial score (nSPS) is 16.6. The molecule has 164 valence electrons. The standard InChI is InChI=1S/C27H30N4O/c1-3-32-27-11-8-22(17-29-27)24-9-10-26-25(24)16-23(18-28-26)21-6-4-20(5-7-21)19-31-14-12-30(2)13-15-31/h4-9,11,16-18H,3,10,12-15,19H2,1-2H3. The SMILES string of the molecule is CCOc1ccc(C2=CCc3ncc(-c4ccc(CN5CCN(C)CC5)cc4)cc32)cn1. The second-order valence-corrected chi connectivity index (χ2v) is 8.63. The third kappa shape index (κ3) is 4.45. The van der Waals surface area contributed by atoms with E-state index in [2.05, 4.69) is 64.3 Å². The monoisotopic (exact) mass is 426 g/mol. The number of likely N-dealkylation sites (N-methyl/N-ethyl adjacent to an activating group) is 1. The molecule has 0 spiro atoms. The summed E-state index contributed by atoms with van der Waals surface area (Å²) in [6, 6.07) is 15.3. The van der Waals surface area contributed by atoms with Crippen LogP contribution in [0.25, 0.3) is 16.7 Å². The van der Waals surface area contributed by atoms with Crippen LogP contribution in [-0.2, 0) is 13.0 Å². The van der Waals surface area contributed by atoms with E-state index in [0.29, 0.717) is 12.5 Å². The van der Waals surface area contributed by atoms with Crippen LogP contribution in [0.4, 0.5) is 0 Å². The van der Waals surface area contributed by atoms with Crippen molar-refractivity contribution in [3.8, 4) is 17.0 Å². The minimum absolute atomic E-state index is 0.624. The van der Waals surface area contributed by atoms with Crippen molar-refractivity contribution in [1.82, 2.24) is 19.8 Å². The van der Waals surface area contributed by atoms with Crippen molar-refractivity contribution in [3.05, 3.63) is 83.3 Å². The van der Waals surface area contributed by atoms with Gasteiger partial charge in [0, 0.05) is 74.3 Å². The van der Waals surface area contributed by atoms with Crippen molar-refractivity contribution in [2.24, 2.45) is 0 Å². The second kappa shape index (κ2) is 9.23. The third-order valence-corrected chi connectivity index (χ3v) is 6.39. The smallest absolute Gasteiger partial charge is 0.213 e. The Morgan fingerprint density at radius 1 is 0.875 bits per heavy atom. The fraction of sp³-hybridized carbons (Fsp3) is 0.333. The number of nitrogens with zero attached hydrogens (tertiary/aromatic N) is 4. The number of pyridine rings is 2. The molecule has 5 nitrogen and oxygen atoms in total. The van der Waals surface area contributed by atoms with E-state index in [9.17, 15) is 0 Å². The summed E-state index contributed by atoms with van der Waals surface area (Å²) >= 11 is 0. The van der Waals surface area contributed by atoms with Gasteiger partial charge >= 0.3 is 0 Å². The zero-order valence-electron chi connectivity index (χ0n) is 18.9. The number of ether oxygens (including phenoxy) is 1. The summed E-state index contributed by atoms with van der Waals surface area (Å²) in [6.07, 6.45) is 7.01. The van der Waals surface area contributed by atoms with Crippen molar-refractivity contribution in [1.29, 1.82) is 0 Å². The lowest BCUT2D eigenvalue weighted by Gasteiger charge is -2.32. The van der Waals surface area contributed by atoms with E-state index in [1.54, 1.807) is 0 Å². The van der Waals surface area contributed by atoms with Crippen LogP contribution in [0.2, 0.25) is 0 Å². The number of fused-ring (bicyclic) bond motifs is 1. The molecule has 0 atom stereocenters. The van der Waals surface area contributed by atoms with Gasteiger partial charge in [0.1, 0.15) is 0 Å². The van der Waals surface area contributed by atoms with Gasteiger partial charge in [-0.2, -0.15) is 0 Å². The number of piperazine rings is 1. The van der Waals surface area contributed by atoms with Crippen molar-refractivity contribution in [2.75, 3.05) is 39.8 Å². The van der Waals surface area contributed by atoms with Gasteiger partial charge in [-0.25, -0.2) is 4.98 Å². The molecule has 0 bridgehead atoms. The molecule has 1 saturated heterocycles. The molecule has 5 rings (SSSR count). The average molecular weight is 427 g/mol. The Balaban J connectivity index is 1.33. The fourth-order valence-corrected chi connectivity index (χ4v) is 4.47. The van der Waals surface area contributed by atoms with E-state index in [4.69, 9.17) is 9.72 Å². The van der Waals surface area contributed by atoms with Gasteiger partial charge in [0.15, 0.2) is 0 Å². The van der Waals surface area contributed by atoms with Gasteiger partial charge in [-0.1, -0.05) is 30.3 Å². The van der Waals surface area contributed by atoms with Crippen LogP contribution < -0.4 is 4.74 Å². The van der Waals surface area contributed by atoms with Gasteiger partial charge in [0.2, 0.25) is 5.88 Å². The first kappa shape index (κ1) is 20.9. The van der Waals surface area contributed by atoms with Crippen LogP contribution in [0.15, 0.2) is 60.9 Å². The Labute approximate surface area is 190 Å². The quantitative estimate of drug-likeness (QED) is 0.589. The Bertz CT molecular complexity index is 1100. The summed E-state index contributed by atoms with van der Waals surface area (Å²) < 4.78 is 5.48. The number of benzene rings is 1. The molecule has 1 fully saturated rings. The van der Waals surface area contributed by atoms with Crippen LogP contribution in [0, 0.1) is 0 Å². The van der Waals surface area contributed by atoms with Crippen LogP contribution in [0.3, 0.4) is 0 Å². The molecule has 32 heavy (non-hydrogen) atoms. The molecule has 2 aromatic heterocycles. The first-order valence-electron chi connectivity index (χ1n) is 11.5. The Hall–Kier alpha value is -3.02. The van der Waals surface area contributed by atoms with Gasteiger partial charge in [0.25, 0.3) is 0 Å². The molecule has 0 radical (unpaired) electrons. The maximum Gasteiger partial charge on any atom is 0.213 e. The lowest BCUT2D eigenvalue weighted by atomic mass is 9.98. The molecule has 0 unspecified atom stereocenters. The minimum atomic E-state index is 0.624. The number of hydrogen-bond acceptors (Lipinski definition) is 5. The minimum Gasteiger partial charge on any atom is -0.478 e. The molecule has 3 aromatic rings. The summed E-state index contributed by atoms with van der Waals surface area (Å²) in [5.41, 5.74) is 8.37. The molecule has 2 aliphatic rings. The van der Waals surface area contributed by atoms with Crippen LogP contribution in [-0.4, -0.2) is 59.6 Å². The van der Waals surface area contributed by atoms with Gasteiger partial charge < -0.3 is 9.64 Å². The van der Waals surface area contributed by atoms with Crippen molar-refractivity contribution >= 4 is 5.57 Å². The number of aromatic nitrogens is 2. The Morgan fingerprint density at radius 2 is 1.62 bits per heavy atom. The first-order chi connectivity index (χ1) is 15.7. The van der Waals surface area contributed by atoms with Crippen LogP contribution >= 0.6 is 0 Å². The van der Waals surface area contributed by atoms with Crippen molar-refractivity contribution in [2.45, 2.75) is 19.9 Å². The zero-order chi connectivity index (χ0) is 21.9. The van der Waals surface area contributed by atoms with E-state index in [1.807, 2.05) is 25.4 Å². The van der Waals surface area contributed by atoms with Gasteiger partial charge in [0.05, 0.1) is 12.3 Å². The van der Waals surface area contributed by atoms with Crippen LogP contribution in [0.1, 0.15) is 29.3 Å². The highest BCUT2D eigenvalue weighted by atomic mass is 16.5. The summed E-state index contributed by atoms with van der Waals surface area (Å²) in [5.74, 6) is 0.665. The largest absolute Gasteiger partial charge is 0.478 e. The van der Waals surface area contributed by atoms with E-state index in [1.165, 1.54) is 22.3 Å². The van der Waals surface area contributed by atoms with E-state index in [0.717, 1.165) is 56.0 Å². The van der Waals surface area contributed by atoms with Crippen LogP contribution in [0.5, 0.6) is 5.88 Å². The molecule has 0 saturated carbocycles. The average Bonchev–Trinajstić information content (AvgIpc) is 3.25. The first-order valence-corrected chi connectivity index (χ1v) is 11.5. The highest BCUT2D eigenvalue weighted by Crippen LogP contribution is 2.34. The summed E-state index contributed by atoms with van der Waals surface area (Å²) in [6.45, 7) is 8.20. The van der Waals surface area contributed by atoms with Gasteiger partial charge in [-0.3, -0.25) is 9.88 Å². The molecule has 1 aliphatic heterocycles. The lowest BCUT2D eigenvalue weighted by Crippen LogP contribution is -2.43. The second-order valence-electron chi connectivity index (χ2n) is 8.63. The topological polar surface area (TPSA) is 41.5 Å². The van der Waals surface area contributed by atoms with E-state index in [-0.39, 0.29) is 0 Å². The van der Waals surface area contributed by atoms with Gasteiger partial charge in [-0.05, 0) is 42.8 Å². The molecular weight excluding hydrogens is 396 g/mol. The molecule has 0 N–H and O–H groups in total. The number of rotatable bonds is 6. The molecule has 3 heterocycles. The summed E-state index contributed by atoms with van der Waals surface area (Å²) in [7, 11) is 2.20. The molecular formula is C27H30N4O. The van der Waals surface area contributed by atoms with Crippen molar-refractivity contribution in [3.63, 3.8) is 0 Å². The highest BCUT2D eigenvalue weighted by molar-refractivity contribution is 5.85. The van der Waals surface area contributed by atoms with Crippen molar-refractivity contribution < 1.29 is 4.74 Å². The molecule has 5 heteroatoms. The predicted octanol–water partition coefficient (Wildman–Crippen LogP) is 4.28. The lowest BCUT2D eigenvalue weighted by molar-refractivity contribution is 0.148. The molecule has 0 amide bonds. The highest BCUT2D eigenvalue weighted by Gasteiger charge is 2.19. The number of allylic oxidation sites excluding steroid dienone is 1. The van der Waals surface area contributed by atoms with E-state index >= 15 is 0 Å². The maximum absolute atomic E-state index is 5.48. The maximum atomic E-state index is 5.48. The molecule has 1 aliphatic carbocycles. The third-order valence-electron chi connectivity index (χ3n) is 6.39.